The van der Waals surface area contributed by atoms with Crippen molar-refractivity contribution in [1.29, 1.82) is 0 Å². The highest BCUT2D eigenvalue weighted by atomic mass is 19.1. The summed E-state index contributed by atoms with van der Waals surface area (Å²) >= 11 is 0. The molecule has 10 heteroatoms. The largest absolute Gasteiger partial charge is 0.399 e. The molecular weight excluding hydrogens is 466 g/mol. The van der Waals surface area contributed by atoms with E-state index in [0.717, 1.165) is 57.9 Å². The lowest BCUT2D eigenvalue weighted by atomic mass is 10.0. The number of nitro benzene ring substituents is 1. The number of nitrogen functional groups attached to an aromatic ring is 1. The van der Waals surface area contributed by atoms with Crippen LogP contribution in [0.5, 0.6) is 0 Å². The zero-order valence-corrected chi connectivity index (χ0v) is 21.7. The minimum atomic E-state index is -0.578. The van der Waals surface area contributed by atoms with Crippen LogP contribution in [0.25, 0.3) is 0 Å². The number of piperidine rings is 2. The summed E-state index contributed by atoms with van der Waals surface area (Å²) in [5.74, 6) is -0.731. The molecule has 8 nitrogen and oxygen atoms in total. The van der Waals surface area contributed by atoms with Crippen LogP contribution in [0.1, 0.15) is 25.7 Å². The maximum absolute atomic E-state index is 13.9. The first-order valence-electron chi connectivity index (χ1n) is 12.4. The van der Waals surface area contributed by atoms with Gasteiger partial charge in [0.15, 0.2) is 5.82 Å². The van der Waals surface area contributed by atoms with Crippen LogP contribution >= 0.6 is 0 Å². The van der Waals surface area contributed by atoms with Gasteiger partial charge in [-0.3, -0.25) is 10.1 Å². The molecule has 2 aromatic carbocycles. The van der Waals surface area contributed by atoms with Crippen LogP contribution in [0.3, 0.4) is 0 Å². The molecule has 0 radical (unpaired) electrons. The summed E-state index contributed by atoms with van der Waals surface area (Å²) < 4.78 is 27.7. The monoisotopic (exact) mass is 504 g/mol. The topological polar surface area (TPSA) is 82.1 Å². The van der Waals surface area contributed by atoms with Gasteiger partial charge in [-0.2, -0.15) is 0 Å². The summed E-state index contributed by atoms with van der Waals surface area (Å²) in [4.78, 5) is 18.5. The van der Waals surface area contributed by atoms with E-state index in [1.165, 1.54) is 18.2 Å². The quantitative estimate of drug-likeness (QED) is 0.371. The average molecular weight is 505 g/mol. The summed E-state index contributed by atoms with van der Waals surface area (Å²) in [6.07, 6.45) is 4.11. The fourth-order valence-electron chi connectivity index (χ4n) is 4.89. The number of halogens is 2. The van der Waals surface area contributed by atoms with Crippen LogP contribution < -0.4 is 15.5 Å². The van der Waals surface area contributed by atoms with E-state index < -0.39 is 10.7 Å². The first-order valence-corrected chi connectivity index (χ1v) is 12.4. The van der Waals surface area contributed by atoms with Gasteiger partial charge in [-0.1, -0.05) is 0 Å². The molecule has 4 rings (SSSR count). The summed E-state index contributed by atoms with van der Waals surface area (Å²) in [7, 11) is 8.30. The molecule has 0 amide bonds. The molecule has 2 aliphatic heterocycles. The van der Waals surface area contributed by atoms with Gasteiger partial charge in [-0.15, -0.1) is 0 Å². The van der Waals surface area contributed by atoms with Gasteiger partial charge in [0.2, 0.25) is 0 Å². The number of nitro groups is 1. The van der Waals surface area contributed by atoms with Crippen molar-refractivity contribution in [2.75, 3.05) is 69.9 Å². The Kier molecular flexibility index (Phi) is 9.44. The standard InChI is InChI=1S/C13H18FN3O2.C13H20FN3/c1-15(2)10-5-7-16(8-6-10)13-4-3-11(17(18)19)9-12(13)14;1-16(2)11-5-7-17(8-6-11)13-4-3-10(15)9-12(13)14/h3-4,9-10H,5-8H2,1-2H3;3-4,9,11H,5-8,15H2,1-2H3. The van der Waals surface area contributed by atoms with Gasteiger partial charge >= 0.3 is 0 Å². The predicted octanol–water partition coefficient (Wildman–Crippen LogP) is 4.20. The van der Waals surface area contributed by atoms with Crippen molar-refractivity contribution in [1.82, 2.24) is 9.80 Å². The second-order valence-electron chi connectivity index (χ2n) is 9.97. The molecule has 0 unspecified atom stereocenters. The van der Waals surface area contributed by atoms with Crippen LogP contribution in [0.2, 0.25) is 0 Å². The Bertz CT molecular complexity index is 1020. The van der Waals surface area contributed by atoms with Crippen LogP contribution in [-0.4, -0.2) is 81.2 Å². The number of benzene rings is 2. The van der Waals surface area contributed by atoms with E-state index in [0.29, 0.717) is 29.1 Å². The molecule has 2 fully saturated rings. The lowest BCUT2D eigenvalue weighted by Crippen LogP contribution is -2.42. The number of anilines is 3. The highest BCUT2D eigenvalue weighted by Gasteiger charge is 2.24. The highest BCUT2D eigenvalue weighted by Crippen LogP contribution is 2.28. The molecule has 0 spiro atoms. The number of nitrogens with two attached hydrogens (primary N) is 1. The van der Waals surface area contributed by atoms with Gasteiger partial charge in [-0.05, 0) is 78.1 Å². The average Bonchev–Trinajstić information content (AvgIpc) is 2.84. The zero-order valence-electron chi connectivity index (χ0n) is 21.7. The van der Waals surface area contributed by atoms with Gasteiger partial charge in [0, 0.05) is 50.0 Å². The van der Waals surface area contributed by atoms with Crippen LogP contribution in [0, 0.1) is 21.7 Å². The third kappa shape index (κ3) is 7.04. The number of hydrogen-bond acceptors (Lipinski definition) is 7. The number of rotatable bonds is 5. The Morgan fingerprint density at radius 2 is 1.22 bits per heavy atom. The second kappa shape index (κ2) is 12.3. The molecular formula is C26H38F2N6O2. The van der Waals surface area contributed by atoms with E-state index in [1.54, 1.807) is 12.1 Å². The van der Waals surface area contributed by atoms with Crippen molar-refractivity contribution in [3.63, 3.8) is 0 Å². The van der Waals surface area contributed by atoms with Gasteiger partial charge < -0.3 is 25.3 Å². The molecule has 0 aliphatic carbocycles. The second-order valence-corrected chi connectivity index (χ2v) is 9.97. The molecule has 0 saturated carbocycles. The van der Waals surface area contributed by atoms with Crippen LogP contribution in [-0.2, 0) is 0 Å². The van der Waals surface area contributed by atoms with E-state index >= 15 is 0 Å². The molecule has 2 N–H and O–H groups in total. The normalized spacial score (nSPS) is 17.3. The summed E-state index contributed by atoms with van der Waals surface area (Å²) in [5, 5.41) is 10.6. The molecule has 2 saturated heterocycles. The summed E-state index contributed by atoms with van der Waals surface area (Å²) in [5.41, 5.74) is 6.97. The van der Waals surface area contributed by atoms with E-state index in [9.17, 15) is 18.9 Å². The molecule has 2 aliphatic rings. The maximum Gasteiger partial charge on any atom is 0.272 e. The Labute approximate surface area is 212 Å². The SMILES string of the molecule is CN(C)C1CCN(c2ccc(N)cc2F)CC1.CN(C)C1CCN(c2ccc([N+](=O)[O-])cc2F)CC1. The fourth-order valence-corrected chi connectivity index (χ4v) is 4.89. The number of hydrogen-bond donors (Lipinski definition) is 1. The van der Waals surface area contributed by atoms with Gasteiger partial charge in [-0.25, -0.2) is 8.78 Å². The van der Waals surface area contributed by atoms with Gasteiger partial charge in [0.05, 0.1) is 22.4 Å². The smallest absolute Gasteiger partial charge is 0.272 e. The zero-order chi connectivity index (χ0) is 26.4. The Morgan fingerprint density at radius 1 is 0.806 bits per heavy atom. The Balaban J connectivity index is 0.000000202. The van der Waals surface area contributed by atoms with Gasteiger partial charge in [0.1, 0.15) is 5.82 Å². The van der Waals surface area contributed by atoms with Crippen molar-refractivity contribution in [2.45, 2.75) is 37.8 Å². The predicted molar refractivity (Wildman–Crippen MR) is 142 cm³/mol. The first kappa shape index (κ1) is 27.6. The van der Waals surface area contributed by atoms with Crippen molar-refractivity contribution < 1.29 is 13.7 Å². The Hall–Kier alpha value is -2.98. The first-order chi connectivity index (χ1) is 17.1. The molecule has 36 heavy (non-hydrogen) atoms. The third-order valence-electron chi connectivity index (χ3n) is 7.18. The van der Waals surface area contributed by atoms with Crippen LogP contribution in [0.15, 0.2) is 36.4 Å². The van der Waals surface area contributed by atoms with Crippen molar-refractivity contribution in [3.05, 3.63) is 58.1 Å². The molecule has 198 valence electrons. The van der Waals surface area contributed by atoms with E-state index in [2.05, 4.69) is 28.8 Å². The fraction of sp³-hybridized carbons (Fsp3) is 0.538. The van der Waals surface area contributed by atoms with Crippen molar-refractivity contribution in [3.8, 4) is 0 Å². The lowest BCUT2D eigenvalue weighted by molar-refractivity contribution is -0.385. The van der Waals surface area contributed by atoms with Crippen molar-refractivity contribution in [2.24, 2.45) is 0 Å². The highest BCUT2D eigenvalue weighted by molar-refractivity contribution is 5.55. The molecule has 2 heterocycles. The minimum absolute atomic E-state index is 0.204. The van der Waals surface area contributed by atoms with E-state index in [4.69, 9.17) is 5.73 Å². The Morgan fingerprint density at radius 3 is 1.58 bits per heavy atom. The van der Waals surface area contributed by atoms with E-state index in [1.807, 2.05) is 19.0 Å². The number of non-ortho nitro benzene ring substituents is 1. The van der Waals surface area contributed by atoms with Crippen molar-refractivity contribution >= 4 is 22.7 Å². The molecule has 0 aromatic heterocycles. The molecule has 0 bridgehead atoms. The van der Waals surface area contributed by atoms with Crippen LogP contribution in [0.4, 0.5) is 31.5 Å². The minimum Gasteiger partial charge on any atom is -0.399 e. The lowest BCUT2D eigenvalue weighted by Gasteiger charge is -2.36. The molecule has 0 atom stereocenters. The summed E-state index contributed by atoms with van der Waals surface area (Å²) in [6.45, 7) is 3.36. The summed E-state index contributed by atoms with van der Waals surface area (Å²) in [6, 6.07) is 9.93. The molecule has 2 aromatic rings. The third-order valence-corrected chi connectivity index (χ3v) is 7.18. The maximum atomic E-state index is 13.9. The van der Waals surface area contributed by atoms with Gasteiger partial charge in [0.25, 0.3) is 5.69 Å². The van der Waals surface area contributed by atoms with E-state index in [-0.39, 0.29) is 11.5 Å². The number of nitrogens with zero attached hydrogens (tertiary/aromatic N) is 5.